The second kappa shape index (κ2) is 9.31. The Morgan fingerprint density at radius 1 is 1.14 bits per heavy atom. The van der Waals surface area contributed by atoms with Gasteiger partial charge in [-0.15, -0.1) is 0 Å². The third kappa shape index (κ3) is 4.87. The second-order valence-electron chi connectivity index (χ2n) is 6.88. The van der Waals surface area contributed by atoms with Crippen molar-refractivity contribution in [3.63, 3.8) is 0 Å². The number of aliphatic hydroxyl groups is 2. The molecule has 3 saturated heterocycles. The summed E-state index contributed by atoms with van der Waals surface area (Å²) in [5.74, 6) is -0.697. The van der Waals surface area contributed by atoms with Gasteiger partial charge < -0.3 is 33.9 Å². The van der Waals surface area contributed by atoms with Crippen LogP contribution in [-0.4, -0.2) is 104 Å². The maximum Gasteiger partial charge on any atom is 0.397 e. The molecular formula is C14H24O14S. The molecule has 170 valence electrons. The predicted molar refractivity (Wildman–Crippen MR) is 86.2 cm³/mol. The lowest BCUT2D eigenvalue weighted by molar-refractivity contribution is -0.531. The summed E-state index contributed by atoms with van der Waals surface area (Å²) in [4.78, 5) is 4.74. The Morgan fingerprint density at radius 3 is 2.45 bits per heavy atom. The van der Waals surface area contributed by atoms with Gasteiger partial charge in [0.2, 0.25) is 0 Å². The molecule has 3 heterocycles. The Morgan fingerprint density at radius 2 is 1.86 bits per heavy atom. The van der Waals surface area contributed by atoms with E-state index in [4.69, 9.17) is 38.4 Å². The van der Waals surface area contributed by atoms with E-state index in [9.17, 15) is 18.6 Å². The lowest BCUT2D eigenvalue weighted by Gasteiger charge is -2.44. The van der Waals surface area contributed by atoms with E-state index in [1.807, 2.05) is 0 Å². The molecule has 3 aliphatic heterocycles. The monoisotopic (exact) mass is 448 g/mol. The van der Waals surface area contributed by atoms with Gasteiger partial charge in [0.15, 0.2) is 24.8 Å². The lowest BCUT2D eigenvalue weighted by atomic mass is 9.90. The number of methoxy groups -OCH3 is 1. The molecule has 0 aromatic carbocycles. The Kier molecular flexibility index (Phi) is 7.43. The third-order valence-corrected chi connectivity index (χ3v) is 5.61. The molecule has 0 aromatic heterocycles. The number of hydrogen-bond donors (Lipinski definition) is 4. The van der Waals surface area contributed by atoms with E-state index >= 15 is 0 Å². The standard InChI is InChI=1S/C14H24O14S/c1-5-8(16)6(3-15)23-14(9(5)26-28-17)25-10-7-4-22-11(10)12(13(21-2)24-7)27-29(18,19)20/h5-17H,3-4H2,1-2H3,(H,18,19,20)/t5-,6?,7?,8+,9?,10-,11+,12?,13-,14-/m0/s1. The summed E-state index contributed by atoms with van der Waals surface area (Å²) >= 11 is 0. The highest BCUT2D eigenvalue weighted by Gasteiger charge is 2.57. The summed E-state index contributed by atoms with van der Waals surface area (Å²) in [5, 5.41) is 32.0. The van der Waals surface area contributed by atoms with Crippen LogP contribution in [0.3, 0.4) is 0 Å². The van der Waals surface area contributed by atoms with Gasteiger partial charge in [-0.1, -0.05) is 12.0 Å². The van der Waals surface area contributed by atoms with E-state index in [0.29, 0.717) is 0 Å². The molecule has 2 bridgehead atoms. The van der Waals surface area contributed by atoms with E-state index in [1.165, 1.54) is 7.11 Å². The van der Waals surface area contributed by atoms with Gasteiger partial charge in [0.25, 0.3) is 0 Å². The first-order valence-electron chi connectivity index (χ1n) is 8.72. The van der Waals surface area contributed by atoms with E-state index in [0.717, 1.165) is 0 Å². The van der Waals surface area contributed by atoms with Gasteiger partial charge in [-0.05, 0) is 0 Å². The van der Waals surface area contributed by atoms with Crippen LogP contribution in [0.15, 0.2) is 0 Å². The van der Waals surface area contributed by atoms with Crippen LogP contribution >= 0.6 is 0 Å². The molecule has 3 aliphatic rings. The minimum Gasteiger partial charge on any atom is -0.394 e. The zero-order valence-electron chi connectivity index (χ0n) is 15.5. The molecule has 0 radical (unpaired) electrons. The van der Waals surface area contributed by atoms with Crippen molar-refractivity contribution >= 4 is 10.4 Å². The summed E-state index contributed by atoms with van der Waals surface area (Å²) < 4.78 is 63.6. The summed E-state index contributed by atoms with van der Waals surface area (Å²) in [5.41, 5.74) is 0. The molecular weight excluding hydrogens is 424 g/mol. The number of fused-ring (bicyclic) bond motifs is 2. The first kappa shape index (κ1) is 23.1. The fourth-order valence-corrected chi connectivity index (χ4v) is 4.20. The average Bonchev–Trinajstić information content (AvgIpc) is 2.95. The highest BCUT2D eigenvalue weighted by Crippen LogP contribution is 2.37. The third-order valence-electron chi connectivity index (χ3n) is 5.15. The predicted octanol–water partition coefficient (Wildman–Crippen LogP) is -2.17. The molecule has 3 rings (SSSR count). The number of aliphatic hydroxyl groups excluding tert-OH is 2. The molecule has 15 heteroatoms. The Hall–Kier alpha value is -0.530. The smallest absolute Gasteiger partial charge is 0.394 e. The van der Waals surface area contributed by atoms with E-state index in [1.54, 1.807) is 6.92 Å². The Labute approximate surface area is 165 Å². The van der Waals surface area contributed by atoms with Crippen molar-refractivity contribution in [3.05, 3.63) is 0 Å². The van der Waals surface area contributed by atoms with Crippen LogP contribution in [0.5, 0.6) is 0 Å². The zero-order chi connectivity index (χ0) is 21.3. The van der Waals surface area contributed by atoms with Gasteiger partial charge in [-0.25, -0.2) is 9.44 Å². The van der Waals surface area contributed by atoms with Crippen LogP contribution in [0, 0.1) is 5.92 Å². The SMILES string of the molecule is CO[C@H]1OC2CO[C@@H](C1OS(=O)(=O)O)[C@H]2O[C@@H]1OC(CO)[C@H](O)[C@H](C)C1OOO. The number of rotatable bonds is 8. The molecule has 0 aromatic rings. The summed E-state index contributed by atoms with van der Waals surface area (Å²) in [7, 11) is -3.61. The fourth-order valence-electron chi connectivity index (χ4n) is 3.71. The highest BCUT2D eigenvalue weighted by molar-refractivity contribution is 7.80. The molecule has 14 nitrogen and oxygen atoms in total. The quantitative estimate of drug-likeness (QED) is 0.178. The van der Waals surface area contributed by atoms with Crippen molar-refractivity contribution in [2.24, 2.45) is 5.92 Å². The lowest BCUT2D eigenvalue weighted by Crippen LogP contribution is -2.61. The molecule has 10 atom stereocenters. The van der Waals surface area contributed by atoms with Gasteiger partial charge in [0.05, 0.1) is 19.3 Å². The molecule has 29 heavy (non-hydrogen) atoms. The van der Waals surface area contributed by atoms with Crippen LogP contribution < -0.4 is 0 Å². The topological polar surface area (TPSA) is 189 Å². The molecule has 3 fully saturated rings. The van der Waals surface area contributed by atoms with Gasteiger partial charge in [0.1, 0.15) is 24.4 Å². The Bertz CT molecular complexity index is 644. The Balaban J connectivity index is 1.80. The first-order chi connectivity index (χ1) is 13.7. The number of hydrogen-bond acceptors (Lipinski definition) is 13. The van der Waals surface area contributed by atoms with E-state index in [-0.39, 0.29) is 6.61 Å². The summed E-state index contributed by atoms with van der Waals surface area (Å²) in [6.45, 7) is 1.03. The largest absolute Gasteiger partial charge is 0.397 e. The van der Waals surface area contributed by atoms with Crippen LogP contribution in [0.2, 0.25) is 0 Å². The zero-order valence-corrected chi connectivity index (χ0v) is 16.3. The van der Waals surface area contributed by atoms with E-state index < -0.39 is 78.2 Å². The van der Waals surface area contributed by atoms with Crippen LogP contribution in [0.1, 0.15) is 6.92 Å². The maximum absolute atomic E-state index is 11.2. The normalized spacial score (nSPS) is 45.4. The van der Waals surface area contributed by atoms with Crippen LogP contribution in [0.25, 0.3) is 0 Å². The molecule has 4 N–H and O–H groups in total. The maximum atomic E-state index is 11.2. The van der Waals surface area contributed by atoms with Crippen molar-refractivity contribution in [1.82, 2.24) is 0 Å². The molecule has 4 unspecified atom stereocenters. The van der Waals surface area contributed by atoms with Gasteiger partial charge in [-0.2, -0.15) is 13.3 Å². The fraction of sp³-hybridized carbons (Fsp3) is 1.00. The minimum absolute atomic E-state index is 0.00309. The van der Waals surface area contributed by atoms with Crippen molar-refractivity contribution < 1.29 is 66.2 Å². The molecule has 0 amide bonds. The van der Waals surface area contributed by atoms with E-state index in [2.05, 4.69) is 9.22 Å². The van der Waals surface area contributed by atoms with Gasteiger partial charge in [0, 0.05) is 13.0 Å². The highest BCUT2D eigenvalue weighted by atomic mass is 32.3. The van der Waals surface area contributed by atoms with Gasteiger partial charge in [-0.3, -0.25) is 4.55 Å². The molecule has 0 saturated carbocycles. The van der Waals surface area contributed by atoms with Crippen molar-refractivity contribution in [1.29, 1.82) is 0 Å². The van der Waals surface area contributed by atoms with Crippen molar-refractivity contribution in [3.8, 4) is 0 Å². The second-order valence-corrected chi connectivity index (χ2v) is 7.92. The molecule has 0 aliphatic carbocycles. The van der Waals surface area contributed by atoms with Crippen LogP contribution in [0.4, 0.5) is 0 Å². The summed E-state index contributed by atoms with van der Waals surface area (Å²) in [6.07, 6.45) is -9.87. The summed E-state index contributed by atoms with van der Waals surface area (Å²) in [6, 6.07) is 0. The minimum atomic E-state index is -4.87. The number of ether oxygens (including phenoxy) is 5. The average molecular weight is 448 g/mol. The van der Waals surface area contributed by atoms with Gasteiger partial charge >= 0.3 is 10.4 Å². The van der Waals surface area contributed by atoms with Crippen molar-refractivity contribution in [2.75, 3.05) is 20.3 Å². The van der Waals surface area contributed by atoms with Crippen LogP contribution in [-0.2, 0) is 48.2 Å². The first-order valence-corrected chi connectivity index (χ1v) is 10.1. The van der Waals surface area contributed by atoms with Crippen molar-refractivity contribution in [2.45, 2.75) is 62.2 Å². The molecule has 0 spiro atoms.